The zero-order valence-corrected chi connectivity index (χ0v) is 13.3. The van der Waals surface area contributed by atoms with Crippen molar-refractivity contribution < 1.29 is 0 Å². The minimum Gasteiger partial charge on any atom is -0.366 e. The Balaban J connectivity index is 0.00000121. The molecule has 3 aromatic rings. The zero-order valence-electron chi connectivity index (χ0n) is 11.7. The molecule has 0 spiro atoms. The molecule has 22 heavy (non-hydrogen) atoms. The van der Waals surface area contributed by atoms with Crippen molar-refractivity contribution in [1.29, 1.82) is 0 Å². The maximum Gasteiger partial charge on any atom is 0.130 e. The molecule has 2 heterocycles. The van der Waals surface area contributed by atoms with Crippen molar-refractivity contribution in [3.63, 3.8) is 0 Å². The molecule has 0 atom stereocenters. The van der Waals surface area contributed by atoms with Gasteiger partial charge in [0.15, 0.2) is 0 Å². The monoisotopic (exact) mass is 334 g/mol. The molecule has 1 aromatic carbocycles. The number of pyridine rings is 1. The van der Waals surface area contributed by atoms with E-state index in [4.69, 9.17) is 0 Å². The van der Waals surface area contributed by atoms with Crippen LogP contribution < -0.4 is 5.32 Å². The molecule has 0 radical (unpaired) electrons. The average Bonchev–Trinajstić information content (AvgIpc) is 2.55. The Labute approximate surface area is 141 Å². The predicted molar refractivity (Wildman–Crippen MR) is 93.5 cm³/mol. The maximum atomic E-state index is 4.30. The molecule has 0 aliphatic rings. The highest BCUT2D eigenvalue weighted by Gasteiger charge is 2.01. The maximum absolute atomic E-state index is 4.30. The number of nitrogens with zero attached hydrogens (tertiary/aromatic N) is 3. The molecule has 6 heteroatoms. The van der Waals surface area contributed by atoms with E-state index in [2.05, 4.69) is 20.3 Å². The smallest absolute Gasteiger partial charge is 0.130 e. The Morgan fingerprint density at radius 2 is 1.73 bits per heavy atom. The molecule has 3 rings (SSSR count). The molecule has 0 saturated heterocycles. The number of hydrogen-bond acceptors (Lipinski definition) is 4. The summed E-state index contributed by atoms with van der Waals surface area (Å²) in [6.45, 7) is 0.694. The Hall–Kier alpha value is -2.17. The Morgan fingerprint density at radius 1 is 0.909 bits per heavy atom. The minimum absolute atomic E-state index is 0. The third kappa shape index (κ3) is 4.69. The first-order valence-electron chi connectivity index (χ1n) is 6.42. The van der Waals surface area contributed by atoms with Crippen LogP contribution in [0.4, 0.5) is 5.82 Å². The van der Waals surface area contributed by atoms with Crippen molar-refractivity contribution in [2.75, 3.05) is 5.32 Å². The van der Waals surface area contributed by atoms with Gasteiger partial charge in [0, 0.05) is 30.6 Å². The lowest BCUT2D eigenvalue weighted by Gasteiger charge is -2.06. The molecule has 0 fully saturated rings. The highest BCUT2D eigenvalue weighted by atomic mass is 35.5. The van der Waals surface area contributed by atoms with Gasteiger partial charge in [-0.3, -0.25) is 4.98 Å². The summed E-state index contributed by atoms with van der Waals surface area (Å²) in [5.41, 5.74) is 3.11. The molecular formula is C16H16Cl2N4. The summed E-state index contributed by atoms with van der Waals surface area (Å²) in [6.07, 6.45) is 5.18. The van der Waals surface area contributed by atoms with E-state index in [-0.39, 0.29) is 24.8 Å². The minimum atomic E-state index is 0. The van der Waals surface area contributed by atoms with Gasteiger partial charge < -0.3 is 5.32 Å². The average molecular weight is 335 g/mol. The summed E-state index contributed by atoms with van der Waals surface area (Å²) in [5, 5.41) is 3.28. The largest absolute Gasteiger partial charge is 0.366 e. The Kier molecular flexibility index (Phi) is 7.29. The Bertz CT molecular complexity index is 678. The molecule has 2 aromatic heterocycles. The normalized spacial score (nSPS) is 9.27. The van der Waals surface area contributed by atoms with E-state index in [0.29, 0.717) is 6.54 Å². The van der Waals surface area contributed by atoms with Crippen LogP contribution in [0, 0.1) is 0 Å². The second kappa shape index (κ2) is 8.97. The molecule has 1 N–H and O–H groups in total. The highest BCUT2D eigenvalue weighted by molar-refractivity contribution is 5.85. The topological polar surface area (TPSA) is 50.7 Å². The van der Waals surface area contributed by atoms with Crippen LogP contribution in [0.15, 0.2) is 67.3 Å². The zero-order chi connectivity index (χ0) is 13.6. The first kappa shape index (κ1) is 17.9. The number of anilines is 1. The van der Waals surface area contributed by atoms with Crippen LogP contribution in [0.1, 0.15) is 5.56 Å². The van der Waals surface area contributed by atoms with E-state index >= 15 is 0 Å². The molecule has 0 aliphatic carbocycles. The number of halogens is 2. The molecular weight excluding hydrogens is 319 g/mol. The van der Waals surface area contributed by atoms with Gasteiger partial charge in [0.1, 0.15) is 12.1 Å². The van der Waals surface area contributed by atoms with Crippen LogP contribution in [-0.4, -0.2) is 15.0 Å². The van der Waals surface area contributed by atoms with E-state index in [1.165, 1.54) is 0 Å². The first-order chi connectivity index (χ1) is 9.92. The molecule has 114 valence electrons. The van der Waals surface area contributed by atoms with E-state index in [1.807, 2.05) is 54.7 Å². The number of nitrogens with one attached hydrogen (secondary N) is 1. The summed E-state index contributed by atoms with van der Waals surface area (Å²) in [5.74, 6) is 0.808. The Morgan fingerprint density at radius 3 is 2.45 bits per heavy atom. The number of rotatable bonds is 4. The van der Waals surface area contributed by atoms with Crippen molar-refractivity contribution in [1.82, 2.24) is 15.0 Å². The van der Waals surface area contributed by atoms with Crippen molar-refractivity contribution in [3.8, 4) is 11.3 Å². The fraction of sp³-hybridized carbons (Fsp3) is 0.0625. The predicted octanol–water partition coefficient (Wildman–Crippen LogP) is 3.99. The van der Waals surface area contributed by atoms with Gasteiger partial charge >= 0.3 is 0 Å². The molecule has 0 unspecified atom stereocenters. The van der Waals surface area contributed by atoms with Crippen LogP contribution >= 0.6 is 24.8 Å². The van der Waals surface area contributed by atoms with Crippen molar-refractivity contribution in [2.24, 2.45) is 0 Å². The van der Waals surface area contributed by atoms with Crippen LogP contribution in [-0.2, 0) is 6.54 Å². The summed E-state index contributed by atoms with van der Waals surface area (Å²) >= 11 is 0. The van der Waals surface area contributed by atoms with Gasteiger partial charge in [-0.1, -0.05) is 36.4 Å². The van der Waals surface area contributed by atoms with E-state index < -0.39 is 0 Å². The van der Waals surface area contributed by atoms with Gasteiger partial charge in [-0.05, 0) is 11.6 Å². The lowest BCUT2D eigenvalue weighted by Crippen LogP contribution is -2.02. The standard InChI is InChI=1S/C16H14N4.2ClH/c1-2-6-14(7-3-1)15-9-16(20-12-19-15)18-11-13-5-4-8-17-10-13;;/h1-10,12H,11H2,(H,18,19,20);2*1H. The van der Waals surface area contributed by atoms with Crippen LogP contribution in [0.25, 0.3) is 11.3 Å². The number of hydrogen-bond donors (Lipinski definition) is 1. The second-order valence-corrected chi connectivity index (χ2v) is 4.37. The van der Waals surface area contributed by atoms with E-state index in [1.54, 1.807) is 12.5 Å². The quantitative estimate of drug-likeness (QED) is 0.783. The SMILES string of the molecule is Cl.Cl.c1ccc(-c2cc(NCc3cccnc3)ncn2)cc1. The van der Waals surface area contributed by atoms with Crippen molar-refractivity contribution in [2.45, 2.75) is 6.54 Å². The lowest BCUT2D eigenvalue weighted by molar-refractivity contribution is 1.07. The fourth-order valence-electron chi connectivity index (χ4n) is 1.92. The summed E-state index contributed by atoms with van der Waals surface area (Å²) in [4.78, 5) is 12.6. The van der Waals surface area contributed by atoms with E-state index in [0.717, 1.165) is 22.6 Å². The van der Waals surface area contributed by atoms with E-state index in [9.17, 15) is 0 Å². The molecule has 0 saturated carbocycles. The van der Waals surface area contributed by atoms with Gasteiger partial charge in [-0.25, -0.2) is 9.97 Å². The summed E-state index contributed by atoms with van der Waals surface area (Å²) in [7, 11) is 0. The van der Waals surface area contributed by atoms with Gasteiger partial charge in [0.05, 0.1) is 5.69 Å². The number of aromatic nitrogens is 3. The number of benzene rings is 1. The van der Waals surface area contributed by atoms with Gasteiger partial charge in [0.2, 0.25) is 0 Å². The molecule has 0 bridgehead atoms. The van der Waals surface area contributed by atoms with Crippen molar-refractivity contribution in [3.05, 3.63) is 72.8 Å². The highest BCUT2D eigenvalue weighted by Crippen LogP contribution is 2.18. The van der Waals surface area contributed by atoms with Crippen LogP contribution in [0.2, 0.25) is 0 Å². The van der Waals surface area contributed by atoms with Gasteiger partial charge in [-0.2, -0.15) is 0 Å². The third-order valence-electron chi connectivity index (χ3n) is 2.93. The third-order valence-corrected chi connectivity index (χ3v) is 2.93. The first-order valence-corrected chi connectivity index (χ1v) is 6.42. The summed E-state index contributed by atoms with van der Waals surface area (Å²) in [6, 6.07) is 16.0. The lowest BCUT2D eigenvalue weighted by atomic mass is 10.1. The fourth-order valence-corrected chi connectivity index (χ4v) is 1.92. The van der Waals surface area contributed by atoms with Crippen LogP contribution in [0.5, 0.6) is 0 Å². The van der Waals surface area contributed by atoms with Crippen molar-refractivity contribution >= 4 is 30.6 Å². The second-order valence-electron chi connectivity index (χ2n) is 4.37. The van der Waals surface area contributed by atoms with Crippen LogP contribution in [0.3, 0.4) is 0 Å². The molecule has 0 aliphatic heterocycles. The molecule has 0 amide bonds. The summed E-state index contributed by atoms with van der Waals surface area (Å²) < 4.78 is 0. The van der Waals surface area contributed by atoms with Gasteiger partial charge in [0.25, 0.3) is 0 Å². The van der Waals surface area contributed by atoms with Gasteiger partial charge in [-0.15, -0.1) is 24.8 Å². The molecule has 4 nitrogen and oxygen atoms in total.